The zero-order chi connectivity index (χ0) is 17.9. The first-order valence-electron chi connectivity index (χ1n) is 7.54. The van der Waals surface area contributed by atoms with Gasteiger partial charge >= 0.3 is 6.03 Å². The van der Waals surface area contributed by atoms with Gasteiger partial charge in [-0.3, -0.25) is 19.3 Å². The maximum Gasteiger partial charge on any atom is 0.327 e. The molecular formula is C16H20N4O4. The molecule has 0 aromatic heterocycles. The number of imide groups is 1. The fourth-order valence-electron chi connectivity index (χ4n) is 2.22. The Morgan fingerprint density at radius 2 is 1.79 bits per heavy atom. The Labute approximate surface area is 139 Å². The Balaban J connectivity index is 1.94. The third-order valence-electron chi connectivity index (χ3n) is 3.38. The molecule has 8 heteroatoms. The van der Waals surface area contributed by atoms with E-state index in [1.807, 2.05) is 13.8 Å². The molecule has 0 radical (unpaired) electrons. The van der Waals surface area contributed by atoms with Crippen LogP contribution in [0.5, 0.6) is 0 Å². The summed E-state index contributed by atoms with van der Waals surface area (Å²) in [6, 6.07) is 5.90. The Bertz CT molecular complexity index is 669. The van der Waals surface area contributed by atoms with Crippen molar-refractivity contribution in [1.82, 2.24) is 15.1 Å². The summed E-state index contributed by atoms with van der Waals surface area (Å²) in [6.45, 7) is 3.37. The molecule has 1 heterocycles. The smallest absolute Gasteiger partial charge is 0.327 e. The van der Waals surface area contributed by atoms with E-state index in [0.717, 1.165) is 4.90 Å². The van der Waals surface area contributed by atoms with Gasteiger partial charge in [0.25, 0.3) is 11.8 Å². The van der Waals surface area contributed by atoms with Crippen LogP contribution in [0.1, 0.15) is 24.2 Å². The van der Waals surface area contributed by atoms with E-state index in [4.69, 9.17) is 0 Å². The number of carbonyl (C=O) groups is 4. The number of carbonyl (C=O) groups excluding carboxylic acids is 4. The van der Waals surface area contributed by atoms with E-state index in [1.165, 1.54) is 11.9 Å². The average molecular weight is 332 g/mol. The second kappa shape index (κ2) is 7.12. The maximum absolute atomic E-state index is 12.0. The monoisotopic (exact) mass is 332 g/mol. The number of hydrogen-bond acceptors (Lipinski definition) is 4. The molecule has 8 nitrogen and oxygen atoms in total. The highest BCUT2D eigenvalue weighted by molar-refractivity contribution is 6.06. The van der Waals surface area contributed by atoms with Crippen LogP contribution in [0, 0.1) is 0 Å². The van der Waals surface area contributed by atoms with Gasteiger partial charge in [-0.2, -0.15) is 0 Å². The largest absolute Gasteiger partial charge is 0.350 e. The Morgan fingerprint density at radius 1 is 1.17 bits per heavy atom. The molecule has 0 aliphatic carbocycles. The topological polar surface area (TPSA) is 98.8 Å². The molecule has 1 aliphatic heterocycles. The lowest BCUT2D eigenvalue weighted by Gasteiger charge is -2.14. The van der Waals surface area contributed by atoms with Crippen LogP contribution in [0.3, 0.4) is 0 Å². The third-order valence-corrected chi connectivity index (χ3v) is 3.38. The zero-order valence-corrected chi connectivity index (χ0v) is 13.8. The van der Waals surface area contributed by atoms with Gasteiger partial charge in [-0.05, 0) is 38.1 Å². The quantitative estimate of drug-likeness (QED) is 0.774. The van der Waals surface area contributed by atoms with Gasteiger partial charge in [0.2, 0.25) is 5.91 Å². The van der Waals surface area contributed by atoms with Crippen molar-refractivity contribution in [2.24, 2.45) is 0 Å². The number of nitrogens with zero attached hydrogens (tertiary/aromatic N) is 2. The molecule has 1 fully saturated rings. The molecule has 1 aromatic rings. The molecule has 2 rings (SSSR count). The number of anilines is 1. The SMILES string of the molecule is CC(C)NC(=O)c1ccc(NC(=O)CN2C(=O)CN(C)C2=O)cc1. The summed E-state index contributed by atoms with van der Waals surface area (Å²) in [5.74, 6) is -1.08. The van der Waals surface area contributed by atoms with E-state index < -0.39 is 17.8 Å². The van der Waals surface area contributed by atoms with Gasteiger partial charge in [0, 0.05) is 24.3 Å². The molecule has 0 bridgehead atoms. The molecule has 0 unspecified atom stereocenters. The van der Waals surface area contributed by atoms with Crippen LogP contribution in [-0.2, 0) is 9.59 Å². The molecular weight excluding hydrogens is 312 g/mol. The normalized spacial score (nSPS) is 14.3. The first-order valence-corrected chi connectivity index (χ1v) is 7.54. The number of amides is 5. The first kappa shape index (κ1) is 17.5. The summed E-state index contributed by atoms with van der Waals surface area (Å²) in [5.41, 5.74) is 0.960. The number of rotatable bonds is 5. The second-order valence-electron chi connectivity index (χ2n) is 5.87. The molecule has 1 saturated heterocycles. The molecule has 0 atom stereocenters. The van der Waals surface area contributed by atoms with Crippen LogP contribution in [0.4, 0.5) is 10.5 Å². The molecule has 2 N–H and O–H groups in total. The summed E-state index contributed by atoms with van der Waals surface area (Å²) in [5, 5.41) is 5.37. The van der Waals surface area contributed by atoms with E-state index in [2.05, 4.69) is 10.6 Å². The van der Waals surface area contributed by atoms with Gasteiger partial charge in [0.05, 0.1) is 0 Å². The van der Waals surface area contributed by atoms with Crippen LogP contribution in [0.25, 0.3) is 0 Å². The van der Waals surface area contributed by atoms with Crippen molar-refractivity contribution in [1.29, 1.82) is 0 Å². The Morgan fingerprint density at radius 3 is 2.29 bits per heavy atom. The minimum absolute atomic E-state index is 0.0221. The molecule has 1 aromatic carbocycles. The van der Waals surface area contributed by atoms with Gasteiger partial charge < -0.3 is 15.5 Å². The average Bonchev–Trinajstić information content (AvgIpc) is 2.73. The molecule has 0 spiro atoms. The number of hydrogen-bond donors (Lipinski definition) is 2. The van der Waals surface area contributed by atoms with E-state index in [0.29, 0.717) is 11.3 Å². The Hall–Kier alpha value is -2.90. The molecule has 5 amide bonds. The third kappa shape index (κ3) is 4.09. The van der Waals surface area contributed by atoms with Gasteiger partial charge in [-0.25, -0.2) is 4.79 Å². The zero-order valence-electron chi connectivity index (χ0n) is 13.8. The summed E-state index contributed by atoms with van der Waals surface area (Å²) in [7, 11) is 1.50. The summed E-state index contributed by atoms with van der Waals surface area (Å²) < 4.78 is 0. The molecule has 24 heavy (non-hydrogen) atoms. The van der Waals surface area contributed by atoms with Crippen molar-refractivity contribution in [3.8, 4) is 0 Å². The Kier molecular flexibility index (Phi) is 5.18. The minimum Gasteiger partial charge on any atom is -0.350 e. The second-order valence-corrected chi connectivity index (χ2v) is 5.87. The fraction of sp³-hybridized carbons (Fsp3) is 0.375. The lowest BCUT2D eigenvalue weighted by molar-refractivity contribution is -0.129. The van der Waals surface area contributed by atoms with Crippen LogP contribution in [-0.4, -0.2) is 59.7 Å². The molecule has 1 aliphatic rings. The number of nitrogens with one attached hydrogen (secondary N) is 2. The van der Waals surface area contributed by atoms with Crippen molar-refractivity contribution < 1.29 is 19.2 Å². The molecule has 128 valence electrons. The first-order chi connectivity index (χ1) is 11.3. The van der Waals surface area contributed by atoms with Gasteiger partial charge in [-0.1, -0.05) is 0 Å². The summed E-state index contributed by atoms with van der Waals surface area (Å²) >= 11 is 0. The van der Waals surface area contributed by atoms with E-state index in [9.17, 15) is 19.2 Å². The molecule has 0 saturated carbocycles. The summed E-state index contributed by atoms with van der Waals surface area (Å²) in [4.78, 5) is 49.3. The van der Waals surface area contributed by atoms with Crippen molar-refractivity contribution in [3.05, 3.63) is 29.8 Å². The predicted octanol–water partition coefficient (Wildman–Crippen LogP) is 0.657. The highest BCUT2D eigenvalue weighted by Gasteiger charge is 2.34. The highest BCUT2D eigenvalue weighted by atomic mass is 16.2. The van der Waals surface area contributed by atoms with Crippen molar-refractivity contribution in [3.63, 3.8) is 0 Å². The van der Waals surface area contributed by atoms with Gasteiger partial charge in [0.15, 0.2) is 0 Å². The lowest BCUT2D eigenvalue weighted by Crippen LogP contribution is -2.38. The van der Waals surface area contributed by atoms with Gasteiger partial charge in [0.1, 0.15) is 13.1 Å². The van der Waals surface area contributed by atoms with E-state index >= 15 is 0 Å². The van der Waals surface area contributed by atoms with Crippen molar-refractivity contribution >= 4 is 29.4 Å². The summed E-state index contributed by atoms with van der Waals surface area (Å²) in [6.07, 6.45) is 0. The number of likely N-dealkylation sites (N-methyl/N-ethyl adjacent to an activating group) is 1. The standard InChI is InChI=1S/C16H20N4O4/c1-10(2)17-15(23)11-4-6-12(7-5-11)18-13(21)8-20-14(22)9-19(3)16(20)24/h4-7,10H,8-9H2,1-3H3,(H,17,23)(H,18,21). The van der Waals surface area contributed by atoms with Gasteiger partial charge in [-0.15, -0.1) is 0 Å². The highest BCUT2D eigenvalue weighted by Crippen LogP contribution is 2.11. The van der Waals surface area contributed by atoms with Crippen molar-refractivity contribution in [2.45, 2.75) is 19.9 Å². The number of urea groups is 1. The van der Waals surface area contributed by atoms with Crippen LogP contribution in [0.15, 0.2) is 24.3 Å². The fourth-order valence-corrected chi connectivity index (χ4v) is 2.22. The predicted molar refractivity (Wildman–Crippen MR) is 87.4 cm³/mol. The van der Waals surface area contributed by atoms with Crippen LogP contribution in [0.2, 0.25) is 0 Å². The van der Waals surface area contributed by atoms with Crippen molar-refractivity contribution in [2.75, 3.05) is 25.5 Å². The van der Waals surface area contributed by atoms with E-state index in [1.54, 1.807) is 24.3 Å². The lowest BCUT2D eigenvalue weighted by atomic mass is 10.2. The van der Waals surface area contributed by atoms with Crippen LogP contribution >= 0.6 is 0 Å². The van der Waals surface area contributed by atoms with Crippen LogP contribution < -0.4 is 10.6 Å². The number of benzene rings is 1. The minimum atomic E-state index is -0.490. The maximum atomic E-state index is 12.0. The van der Waals surface area contributed by atoms with E-state index in [-0.39, 0.29) is 25.0 Å².